The van der Waals surface area contributed by atoms with Gasteiger partial charge in [0.1, 0.15) is 17.1 Å². The van der Waals surface area contributed by atoms with Crippen molar-refractivity contribution in [2.45, 2.75) is 43.9 Å². The predicted octanol–water partition coefficient (Wildman–Crippen LogP) is 5.52. The number of halogens is 3. The normalized spacial score (nSPS) is 18.8. The summed E-state index contributed by atoms with van der Waals surface area (Å²) in [5.41, 5.74) is 0.297. The highest BCUT2D eigenvalue weighted by atomic mass is 35.5. The Balaban J connectivity index is 1.49. The summed E-state index contributed by atoms with van der Waals surface area (Å²) in [6.45, 7) is 0.332. The molecule has 1 aliphatic carbocycles. The number of nitrogens with zero attached hydrogens (tertiary/aromatic N) is 2. The van der Waals surface area contributed by atoms with Crippen LogP contribution in [0.2, 0.25) is 10.0 Å². The smallest absolute Gasteiger partial charge is 0.407 e. The highest BCUT2D eigenvalue weighted by Gasteiger charge is 2.37. The summed E-state index contributed by atoms with van der Waals surface area (Å²) in [7, 11) is 0. The van der Waals surface area contributed by atoms with Crippen molar-refractivity contribution < 1.29 is 23.6 Å². The molecule has 1 aromatic heterocycles. The quantitative estimate of drug-likeness (QED) is 0.636. The summed E-state index contributed by atoms with van der Waals surface area (Å²) >= 11 is 12.7. The van der Waals surface area contributed by atoms with E-state index in [4.69, 9.17) is 37.6 Å². The average Bonchev–Trinajstić information content (AvgIpc) is 3.44. The van der Waals surface area contributed by atoms with E-state index in [1.165, 1.54) is 4.90 Å². The molecule has 2 fully saturated rings. The molecule has 29 heavy (non-hydrogen) atoms. The van der Waals surface area contributed by atoms with Gasteiger partial charge in [-0.2, -0.15) is 0 Å². The molecule has 0 spiro atoms. The van der Waals surface area contributed by atoms with Gasteiger partial charge in [0, 0.05) is 43.0 Å². The Bertz CT molecular complexity index is 888. The predicted molar refractivity (Wildman–Crippen MR) is 106 cm³/mol. The number of benzene rings is 1. The Morgan fingerprint density at radius 2 is 1.97 bits per heavy atom. The van der Waals surface area contributed by atoms with Crippen LogP contribution in [-0.4, -0.2) is 46.6 Å². The van der Waals surface area contributed by atoms with Gasteiger partial charge in [-0.25, -0.2) is 9.18 Å². The van der Waals surface area contributed by atoms with Gasteiger partial charge in [-0.05, 0) is 25.0 Å². The molecule has 4 rings (SSSR count). The van der Waals surface area contributed by atoms with Crippen molar-refractivity contribution >= 4 is 29.3 Å². The van der Waals surface area contributed by atoms with Gasteiger partial charge in [0.15, 0.2) is 0 Å². The molecule has 1 aromatic carbocycles. The summed E-state index contributed by atoms with van der Waals surface area (Å²) in [5.74, 6) is 1.03. The van der Waals surface area contributed by atoms with Gasteiger partial charge >= 0.3 is 6.09 Å². The van der Waals surface area contributed by atoms with Crippen LogP contribution in [0.4, 0.5) is 9.18 Å². The monoisotopic (exact) mass is 442 g/mol. The van der Waals surface area contributed by atoms with Gasteiger partial charge in [0.25, 0.3) is 0 Å². The summed E-state index contributed by atoms with van der Waals surface area (Å²) in [6.07, 6.45) is 1.22. The van der Waals surface area contributed by atoms with E-state index in [2.05, 4.69) is 5.16 Å². The maximum atomic E-state index is 15.0. The zero-order valence-corrected chi connectivity index (χ0v) is 17.2. The van der Waals surface area contributed by atoms with Crippen LogP contribution in [0.5, 0.6) is 0 Å². The Morgan fingerprint density at radius 3 is 2.55 bits per heavy atom. The van der Waals surface area contributed by atoms with E-state index < -0.39 is 11.8 Å². The Labute approximate surface area is 177 Å². The molecule has 2 heterocycles. The lowest BCUT2D eigenvalue weighted by Gasteiger charge is -2.34. The van der Waals surface area contributed by atoms with Crippen LogP contribution in [-0.2, 0) is 11.3 Å². The molecule has 0 radical (unpaired) electrons. The summed E-state index contributed by atoms with van der Waals surface area (Å²) < 4.78 is 26.4. The number of aromatic nitrogens is 1. The first-order valence-corrected chi connectivity index (χ1v) is 10.3. The van der Waals surface area contributed by atoms with Crippen LogP contribution >= 0.6 is 23.2 Å². The standard InChI is InChI=1S/C20H21Cl2FN2O4/c21-14-2-1-3-15(22)16(14)17-13(18(29-24-17)12-4-5-12)10-28-11-20(23)6-8-25(9-7-20)19(26)27/h1-3,12H,4-11H2,(H,26,27). The molecule has 0 bridgehead atoms. The Morgan fingerprint density at radius 1 is 1.31 bits per heavy atom. The fraction of sp³-hybridized carbons (Fsp3) is 0.500. The fourth-order valence-corrected chi connectivity index (χ4v) is 4.20. The lowest BCUT2D eigenvalue weighted by atomic mass is 9.94. The van der Waals surface area contributed by atoms with Crippen molar-refractivity contribution in [1.82, 2.24) is 10.1 Å². The molecule has 1 saturated carbocycles. The van der Waals surface area contributed by atoms with Crippen molar-refractivity contribution in [1.29, 1.82) is 0 Å². The third kappa shape index (κ3) is 4.37. The minimum Gasteiger partial charge on any atom is -0.465 e. The summed E-state index contributed by atoms with van der Waals surface area (Å²) in [4.78, 5) is 12.2. The maximum Gasteiger partial charge on any atom is 0.407 e. The minimum atomic E-state index is -1.55. The number of carbonyl (C=O) groups is 1. The summed E-state index contributed by atoms with van der Waals surface area (Å²) in [5, 5.41) is 14.1. The molecule has 0 atom stereocenters. The van der Waals surface area contributed by atoms with Gasteiger partial charge in [0.2, 0.25) is 0 Å². The number of hydrogen-bond donors (Lipinski definition) is 1. The molecule has 6 nitrogen and oxygen atoms in total. The average molecular weight is 443 g/mol. The van der Waals surface area contributed by atoms with Crippen molar-refractivity contribution in [2.24, 2.45) is 0 Å². The van der Waals surface area contributed by atoms with Crippen LogP contribution in [0, 0.1) is 0 Å². The lowest BCUT2D eigenvalue weighted by Crippen LogP contribution is -2.46. The van der Waals surface area contributed by atoms with Crippen LogP contribution in [0.3, 0.4) is 0 Å². The Hall–Kier alpha value is -1.83. The molecule has 2 aromatic rings. The van der Waals surface area contributed by atoms with Crippen LogP contribution in [0.15, 0.2) is 22.7 Å². The number of ether oxygens (including phenoxy) is 1. The van der Waals surface area contributed by atoms with E-state index in [9.17, 15) is 4.79 Å². The number of likely N-dealkylation sites (tertiary alicyclic amines) is 1. The maximum absolute atomic E-state index is 15.0. The molecule has 9 heteroatoms. The van der Waals surface area contributed by atoms with Gasteiger partial charge in [-0.15, -0.1) is 0 Å². The third-order valence-electron chi connectivity index (χ3n) is 5.50. The van der Waals surface area contributed by atoms with E-state index in [-0.39, 0.29) is 45.1 Å². The van der Waals surface area contributed by atoms with Gasteiger partial charge < -0.3 is 19.3 Å². The van der Waals surface area contributed by atoms with Crippen molar-refractivity contribution in [2.75, 3.05) is 19.7 Å². The second-order valence-corrected chi connectivity index (χ2v) is 8.47. The number of alkyl halides is 1. The highest BCUT2D eigenvalue weighted by Crippen LogP contribution is 2.46. The minimum absolute atomic E-state index is 0.113. The number of amides is 1. The lowest BCUT2D eigenvalue weighted by molar-refractivity contribution is -0.0277. The van der Waals surface area contributed by atoms with Gasteiger partial charge in [0.05, 0.1) is 23.3 Å². The first-order valence-electron chi connectivity index (χ1n) is 9.55. The van der Waals surface area contributed by atoms with Crippen molar-refractivity contribution in [3.8, 4) is 11.3 Å². The van der Waals surface area contributed by atoms with E-state index in [1.807, 2.05) is 0 Å². The van der Waals surface area contributed by atoms with Crippen molar-refractivity contribution in [3.63, 3.8) is 0 Å². The number of carboxylic acid groups (broad SMARTS) is 1. The highest BCUT2D eigenvalue weighted by molar-refractivity contribution is 6.39. The number of hydrogen-bond acceptors (Lipinski definition) is 4. The second-order valence-electron chi connectivity index (χ2n) is 7.66. The third-order valence-corrected chi connectivity index (χ3v) is 6.13. The van der Waals surface area contributed by atoms with E-state index in [0.717, 1.165) is 24.2 Å². The van der Waals surface area contributed by atoms with E-state index in [0.29, 0.717) is 21.3 Å². The van der Waals surface area contributed by atoms with E-state index in [1.54, 1.807) is 18.2 Å². The zero-order chi connectivity index (χ0) is 20.6. The topological polar surface area (TPSA) is 75.8 Å². The molecule has 156 valence electrons. The van der Waals surface area contributed by atoms with Crippen LogP contribution in [0.1, 0.15) is 42.9 Å². The second kappa shape index (κ2) is 8.13. The molecular formula is C20H21Cl2FN2O4. The molecule has 1 amide bonds. The Kier molecular flexibility index (Phi) is 5.73. The summed E-state index contributed by atoms with van der Waals surface area (Å²) in [6, 6.07) is 5.21. The number of piperidine rings is 1. The first-order chi connectivity index (χ1) is 13.9. The van der Waals surface area contributed by atoms with Crippen LogP contribution in [0.25, 0.3) is 11.3 Å². The molecule has 1 saturated heterocycles. The van der Waals surface area contributed by atoms with Gasteiger partial charge in [-0.1, -0.05) is 34.4 Å². The van der Waals surface area contributed by atoms with Crippen LogP contribution < -0.4 is 0 Å². The number of rotatable bonds is 6. The van der Waals surface area contributed by atoms with Crippen molar-refractivity contribution in [3.05, 3.63) is 39.6 Å². The molecule has 1 aliphatic heterocycles. The zero-order valence-electron chi connectivity index (χ0n) is 15.7. The largest absolute Gasteiger partial charge is 0.465 e. The molecular weight excluding hydrogens is 422 g/mol. The molecule has 2 aliphatic rings. The molecule has 1 N–H and O–H groups in total. The SMILES string of the molecule is O=C(O)N1CCC(F)(COCc2c(-c3c(Cl)cccc3Cl)noc2C2CC2)CC1. The fourth-order valence-electron chi connectivity index (χ4n) is 3.63. The van der Waals surface area contributed by atoms with Gasteiger partial charge in [-0.3, -0.25) is 0 Å². The first kappa shape index (κ1) is 20.4. The van der Waals surface area contributed by atoms with E-state index >= 15 is 4.39 Å². The molecule has 0 unspecified atom stereocenters.